The molecule has 21 heavy (non-hydrogen) atoms. The fourth-order valence-corrected chi connectivity index (χ4v) is 2.74. The Balaban J connectivity index is 2.20. The molecule has 110 valence electrons. The second kappa shape index (κ2) is 7.63. The Hall–Kier alpha value is -1.31. The van der Waals surface area contributed by atoms with Crippen molar-refractivity contribution >= 4 is 43.6 Å². The summed E-state index contributed by atoms with van der Waals surface area (Å²) in [4.78, 5) is 20.7. The zero-order valence-corrected chi connectivity index (χ0v) is 14.5. The number of hydrogen-bond acceptors (Lipinski definition) is 4. The molecule has 2 N–H and O–H groups in total. The smallest absolute Gasteiger partial charge is 0.257 e. The molecule has 0 aliphatic rings. The van der Waals surface area contributed by atoms with Gasteiger partial charge in [0.25, 0.3) is 5.91 Å². The van der Waals surface area contributed by atoms with E-state index in [2.05, 4.69) is 52.5 Å². The van der Waals surface area contributed by atoms with Gasteiger partial charge < -0.3 is 10.6 Å². The molecule has 2 rings (SSSR count). The van der Waals surface area contributed by atoms with Crippen LogP contribution >= 0.6 is 31.9 Å². The highest BCUT2D eigenvalue weighted by molar-refractivity contribution is 9.11. The average Bonchev–Trinajstić information content (AvgIpc) is 2.48. The lowest BCUT2D eigenvalue weighted by Crippen LogP contribution is -2.18. The monoisotopic (exact) mass is 412 g/mol. The van der Waals surface area contributed by atoms with Crippen LogP contribution in [0.1, 0.15) is 15.9 Å². The highest BCUT2D eigenvalue weighted by Gasteiger charge is 2.13. The van der Waals surface area contributed by atoms with Gasteiger partial charge in [-0.15, -0.1) is 0 Å². The topological polar surface area (TPSA) is 66.9 Å². The molecule has 0 bridgehead atoms. The van der Waals surface area contributed by atoms with Crippen LogP contribution in [0.25, 0.3) is 0 Å². The van der Waals surface area contributed by atoms with E-state index >= 15 is 0 Å². The molecule has 0 atom stereocenters. The third kappa shape index (κ3) is 4.33. The number of rotatable bonds is 5. The summed E-state index contributed by atoms with van der Waals surface area (Å²) in [5.41, 5.74) is 1.63. The Kier molecular flexibility index (Phi) is 5.84. The van der Waals surface area contributed by atoms with Crippen molar-refractivity contribution in [1.82, 2.24) is 15.3 Å². The maximum absolute atomic E-state index is 12.4. The minimum Gasteiger partial charge on any atom is -0.319 e. The van der Waals surface area contributed by atoms with Gasteiger partial charge in [0, 0.05) is 5.56 Å². The summed E-state index contributed by atoms with van der Waals surface area (Å²) in [6, 6.07) is 7.53. The van der Waals surface area contributed by atoms with Crippen molar-refractivity contribution in [3.05, 3.63) is 50.8 Å². The highest BCUT2D eigenvalue weighted by atomic mass is 79.9. The average molecular weight is 414 g/mol. The summed E-state index contributed by atoms with van der Waals surface area (Å²) >= 11 is 6.50. The number of carbonyl (C=O) groups excluding carboxylic acids is 1. The molecule has 2 aromatic rings. The second-order valence-corrected chi connectivity index (χ2v) is 5.86. The molecule has 0 fully saturated rings. The maximum Gasteiger partial charge on any atom is 0.257 e. The first-order chi connectivity index (χ1) is 10.1. The van der Waals surface area contributed by atoms with Crippen LogP contribution in [-0.4, -0.2) is 29.5 Å². The van der Waals surface area contributed by atoms with E-state index in [1.165, 1.54) is 6.20 Å². The lowest BCUT2D eigenvalue weighted by molar-refractivity contribution is 0.102. The van der Waals surface area contributed by atoms with E-state index in [0.717, 1.165) is 18.5 Å². The van der Waals surface area contributed by atoms with Crippen molar-refractivity contribution in [1.29, 1.82) is 0 Å². The number of likely N-dealkylation sites (N-methyl/N-ethyl adjacent to an activating group) is 1. The normalized spacial score (nSPS) is 10.4. The summed E-state index contributed by atoms with van der Waals surface area (Å²) in [6.07, 6.45) is 2.32. The molecule has 0 saturated carbocycles. The molecule has 0 radical (unpaired) electrons. The Labute approximate surface area is 139 Å². The number of nitrogens with one attached hydrogen (secondary N) is 2. The Morgan fingerprint density at radius 3 is 2.76 bits per heavy atom. The van der Waals surface area contributed by atoms with Crippen LogP contribution in [0, 0.1) is 0 Å². The summed E-state index contributed by atoms with van der Waals surface area (Å²) < 4.78 is 1.08. The zero-order valence-electron chi connectivity index (χ0n) is 11.4. The van der Waals surface area contributed by atoms with Gasteiger partial charge in [-0.25, -0.2) is 9.97 Å². The van der Waals surface area contributed by atoms with Crippen LogP contribution in [0.2, 0.25) is 0 Å². The van der Waals surface area contributed by atoms with E-state index in [0.29, 0.717) is 20.6 Å². The van der Waals surface area contributed by atoms with E-state index in [-0.39, 0.29) is 5.91 Å². The predicted octanol–water partition coefficient (Wildman–Crippen LogP) is 3.02. The van der Waals surface area contributed by atoms with Crippen LogP contribution in [0.3, 0.4) is 0 Å². The van der Waals surface area contributed by atoms with Gasteiger partial charge in [0.1, 0.15) is 9.21 Å². The third-order valence-electron chi connectivity index (χ3n) is 2.84. The molecule has 0 saturated heterocycles. The minimum atomic E-state index is -0.195. The van der Waals surface area contributed by atoms with E-state index in [1.807, 2.05) is 25.2 Å². The number of nitrogens with zero attached hydrogens (tertiary/aromatic N) is 2. The van der Waals surface area contributed by atoms with Gasteiger partial charge in [0.05, 0.1) is 6.20 Å². The van der Waals surface area contributed by atoms with Gasteiger partial charge in [0.15, 0.2) is 5.82 Å². The molecule has 0 unspecified atom stereocenters. The molecular weight excluding hydrogens is 400 g/mol. The Bertz CT molecular complexity index is 649. The van der Waals surface area contributed by atoms with Crippen molar-refractivity contribution in [3.63, 3.8) is 0 Å². The number of hydrogen-bond donors (Lipinski definition) is 2. The lowest BCUT2D eigenvalue weighted by atomic mass is 10.0. The Morgan fingerprint density at radius 2 is 2.05 bits per heavy atom. The van der Waals surface area contributed by atoms with Crippen molar-refractivity contribution in [2.24, 2.45) is 0 Å². The van der Waals surface area contributed by atoms with Crippen molar-refractivity contribution < 1.29 is 4.79 Å². The molecule has 0 spiro atoms. The number of benzene rings is 1. The molecule has 5 nitrogen and oxygen atoms in total. The third-order valence-corrected chi connectivity index (χ3v) is 3.77. The van der Waals surface area contributed by atoms with E-state index < -0.39 is 0 Å². The quantitative estimate of drug-likeness (QED) is 0.790. The van der Waals surface area contributed by atoms with Gasteiger partial charge in [-0.2, -0.15) is 0 Å². The summed E-state index contributed by atoms with van der Waals surface area (Å²) in [5.74, 6) is 0.200. The predicted molar refractivity (Wildman–Crippen MR) is 89.5 cm³/mol. The fourth-order valence-electron chi connectivity index (χ4n) is 1.82. The molecule has 0 aliphatic heterocycles. The van der Waals surface area contributed by atoms with Gasteiger partial charge >= 0.3 is 0 Å². The first-order valence-corrected chi connectivity index (χ1v) is 7.92. The van der Waals surface area contributed by atoms with E-state index in [4.69, 9.17) is 0 Å². The second-order valence-electron chi connectivity index (χ2n) is 4.30. The zero-order chi connectivity index (χ0) is 15.2. The largest absolute Gasteiger partial charge is 0.319 e. The Morgan fingerprint density at radius 1 is 1.29 bits per heavy atom. The van der Waals surface area contributed by atoms with E-state index in [1.54, 1.807) is 6.07 Å². The summed E-state index contributed by atoms with van der Waals surface area (Å²) in [5, 5.41) is 5.85. The van der Waals surface area contributed by atoms with Crippen LogP contribution < -0.4 is 10.6 Å². The first kappa shape index (κ1) is 16.1. The van der Waals surface area contributed by atoms with Crippen LogP contribution in [-0.2, 0) is 6.42 Å². The van der Waals surface area contributed by atoms with Crippen molar-refractivity contribution in [2.75, 3.05) is 18.9 Å². The molecule has 1 aromatic carbocycles. The van der Waals surface area contributed by atoms with Gasteiger partial charge in [-0.1, -0.05) is 18.2 Å². The van der Waals surface area contributed by atoms with Crippen LogP contribution in [0.4, 0.5) is 5.82 Å². The fraction of sp³-hybridized carbons (Fsp3) is 0.214. The molecule has 1 aromatic heterocycles. The standard InChI is InChI=1S/C14H14Br2N4O/c1-17-7-6-9-4-2-3-5-10(9)14(21)20-13-12(16)19-11(15)8-18-13/h2-5,8,17H,6-7H2,1H3,(H,18,20,21). The van der Waals surface area contributed by atoms with Crippen molar-refractivity contribution in [3.8, 4) is 0 Å². The maximum atomic E-state index is 12.4. The first-order valence-electron chi connectivity index (χ1n) is 6.33. The summed E-state index contributed by atoms with van der Waals surface area (Å²) in [6.45, 7) is 0.812. The number of carbonyl (C=O) groups is 1. The van der Waals surface area contributed by atoms with Crippen LogP contribution in [0.15, 0.2) is 39.7 Å². The molecule has 0 aliphatic carbocycles. The SMILES string of the molecule is CNCCc1ccccc1C(=O)Nc1ncc(Br)nc1Br. The van der Waals surface area contributed by atoms with Gasteiger partial charge in [-0.3, -0.25) is 4.79 Å². The molecule has 1 amide bonds. The lowest BCUT2D eigenvalue weighted by Gasteiger charge is -2.10. The molecule has 7 heteroatoms. The number of anilines is 1. The summed E-state index contributed by atoms with van der Waals surface area (Å²) in [7, 11) is 1.89. The van der Waals surface area contributed by atoms with Crippen molar-refractivity contribution in [2.45, 2.75) is 6.42 Å². The van der Waals surface area contributed by atoms with Crippen LogP contribution in [0.5, 0.6) is 0 Å². The molecular formula is C14H14Br2N4O. The highest BCUT2D eigenvalue weighted by Crippen LogP contribution is 2.20. The van der Waals surface area contributed by atoms with Gasteiger partial charge in [-0.05, 0) is 63.5 Å². The van der Waals surface area contributed by atoms with Gasteiger partial charge in [0.2, 0.25) is 0 Å². The number of aromatic nitrogens is 2. The number of halogens is 2. The molecule has 1 heterocycles. The van der Waals surface area contributed by atoms with E-state index in [9.17, 15) is 4.79 Å². The minimum absolute atomic E-state index is 0.195. The number of amides is 1.